The highest BCUT2D eigenvalue weighted by Gasteiger charge is 2.26. The fourth-order valence-electron chi connectivity index (χ4n) is 3.54. The van der Waals surface area contributed by atoms with Gasteiger partial charge in [-0.05, 0) is 58.3 Å². The zero-order valence-corrected chi connectivity index (χ0v) is 19.6. The van der Waals surface area contributed by atoms with Crippen LogP contribution in [0.2, 0.25) is 0 Å². The van der Waals surface area contributed by atoms with Gasteiger partial charge in [-0.15, -0.1) is 0 Å². The van der Waals surface area contributed by atoms with Crippen LogP contribution in [0.4, 0.5) is 5.69 Å². The third kappa shape index (κ3) is 5.50. The van der Waals surface area contributed by atoms with Gasteiger partial charge in [-0.3, -0.25) is 14.6 Å². The quantitative estimate of drug-likeness (QED) is 0.519. The molecule has 0 bridgehead atoms. The number of halogens is 1. The van der Waals surface area contributed by atoms with Crippen molar-refractivity contribution in [1.29, 1.82) is 0 Å². The predicted octanol–water partition coefficient (Wildman–Crippen LogP) is 1.87. The molecule has 0 fully saturated rings. The number of nitrogens with one attached hydrogen (secondary N) is 1. The normalized spacial score (nSPS) is 13.1. The fourth-order valence-corrected chi connectivity index (χ4v) is 4.02. The topological polar surface area (TPSA) is 81.9 Å². The number of fused-ring (bicyclic) bond motifs is 1. The van der Waals surface area contributed by atoms with E-state index in [4.69, 9.17) is 5.73 Å². The molecule has 8 heteroatoms. The Hall–Kier alpha value is -2.17. The van der Waals surface area contributed by atoms with Crippen LogP contribution in [0.5, 0.6) is 0 Å². The van der Waals surface area contributed by atoms with Gasteiger partial charge in [0.2, 0.25) is 5.91 Å². The van der Waals surface area contributed by atoms with Crippen molar-refractivity contribution in [1.82, 2.24) is 15.3 Å². The summed E-state index contributed by atoms with van der Waals surface area (Å²) in [4.78, 5) is 27.4. The van der Waals surface area contributed by atoms with Gasteiger partial charge >= 0.3 is 0 Å². The summed E-state index contributed by atoms with van der Waals surface area (Å²) < 4.78 is 1.05. The molecule has 0 saturated carbocycles. The SMILES string of the molecule is Cc1ccc(I)cc1N(CC(=O)NCCN)CC(=O)N(C)N1Cc2ccccc2C1. The number of likely N-dealkylation sites (N-methyl/N-ethyl adjacent to an activating group) is 1. The summed E-state index contributed by atoms with van der Waals surface area (Å²) in [6.45, 7) is 4.40. The Morgan fingerprint density at radius 1 is 1.13 bits per heavy atom. The van der Waals surface area contributed by atoms with Gasteiger partial charge in [-0.2, -0.15) is 0 Å². The van der Waals surface area contributed by atoms with Crippen molar-refractivity contribution in [2.45, 2.75) is 20.0 Å². The lowest BCUT2D eigenvalue weighted by Gasteiger charge is -2.32. The van der Waals surface area contributed by atoms with Crippen molar-refractivity contribution in [3.05, 3.63) is 62.7 Å². The second-order valence-corrected chi connectivity index (χ2v) is 8.68. The highest BCUT2D eigenvalue weighted by molar-refractivity contribution is 14.1. The molecule has 7 nitrogen and oxygen atoms in total. The Kier molecular flexibility index (Phi) is 7.68. The molecule has 2 aromatic rings. The summed E-state index contributed by atoms with van der Waals surface area (Å²) in [6, 6.07) is 14.3. The zero-order chi connectivity index (χ0) is 21.7. The molecule has 1 aliphatic heterocycles. The van der Waals surface area contributed by atoms with E-state index in [1.54, 1.807) is 12.1 Å². The molecule has 1 heterocycles. The average Bonchev–Trinajstić information content (AvgIpc) is 3.17. The van der Waals surface area contributed by atoms with Crippen LogP contribution in [0.3, 0.4) is 0 Å². The maximum Gasteiger partial charge on any atom is 0.256 e. The van der Waals surface area contributed by atoms with E-state index in [-0.39, 0.29) is 24.9 Å². The van der Waals surface area contributed by atoms with Gasteiger partial charge in [-0.25, -0.2) is 5.01 Å². The first-order valence-electron chi connectivity index (χ1n) is 9.95. The molecule has 2 aromatic carbocycles. The van der Waals surface area contributed by atoms with Crippen molar-refractivity contribution in [2.24, 2.45) is 5.73 Å². The van der Waals surface area contributed by atoms with Gasteiger partial charge in [0.05, 0.1) is 13.1 Å². The summed E-state index contributed by atoms with van der Waals surface area (Å²) in [5.41, 5.74) is 9.88. The van der Waals surface area contributed by atoms with E-state index in [0.717, 1.165) is 14.8 Å². The first kappa shape index (κ1) is 22.5. The molecule has 0 unspecified atom stereocenters. The van der Waals surface area contributed by atoms with Gasteiger partial charge in [0.15, 0.2) is 0 Å². The molecular weight excluding hydrogens is 493 g/mol. The van der Waals surface area contributed by atoms with Gasteiger partial charge in [-0.1, -0.05) is 30.3 Å². The number of aryl methyl sites for hydroxylation is 1. The Morgan fingerprint density at radius 3 is 2.43 bits per heavy atom. The molecule has 0 saturated heterocycles. The number of hydrazine groups is 1. The van der Waals surface area contributed by atoms with Crippen LogP contribution in [-0.4, -0.2) is 55.1 Å². The highest BCUT2D eigenvalue weighted by Crippen LogP contribution is 2.25. The minimum Gasteiger partial charge on any atom is -0.353 e. The number of carbonyl (C=O) groups is 2. The van der Waals surface area contributed by atoms with E-state index in [0.29, 0.717) is 26.2 Å². The minimum absolute atomic E-state index is 0.0623. The van der Waals surface area contributed by atoms with Crippen LogP contribution in [0.25, 0.3) is 0 Å². The highest BCUT2D eigenvalue weighted by atomic mass is 127. The standard InChI is InChI=1S/C22H28IN5O2/c1-16-7-8-19(23)11-20(16)27(14-21(29)25-10-9-24)15-22(30)26(2)28-12-17-5-3-4-6-18(17)13-28/h3-8,11H,9-10,12-15,24H2,1-2H3,(H,25,29). The monoisotopic (exact) mass is 521 g/mol. The lowest BCUT2D eigenvalue weighted by Crippen LogP contribution is -2.48. The molecule has 3 N–H and O–H groups in total. The Labute approximate surface area is 191 Å². The lowest BCUT2D eigenvalue weighted by atomic mass is 10.1. The Bertz CT molecular complexity index is 895. The van der Waals surface area contributed by atoms with E-state index >= 15 is 0 Å². The number of nitrogens with two attached hydrogens (primary N) is 1. The van der Waals surface area contributed by atoms with E-state index < -0.39 is 0 Å². The molecule has 1 aliphatic rings. The Balaban J connectivity index is 1.74. The first-order valence-corrected chi connectivity index (χ1v) is 11.0. The van der Waals surface area contributed by atoms with Crippen LogP contribution in [0.1, 0.15) is 16.7 Å². The van der Waals surface area contributed by atoms with Crippen molar-refractivity contribution in [3.63, 3.8) is 0 Å². The molecule has 160 valence electrons. The van der Waals surface area contributed by atoms with Crippen molar-refractivity contribution >= 4 is 40.1 Å². The summed E-state index contributed by atoms with van der Waals surface area (Å²) in [5.74, 6) is -0.213. The maximum absolute atomic E-state index is 13.1. The van der Waals surface area contributed by atoms with Crippen molar-refractivity contribution < 1.29 is 9.59 Å². The minimum atomic E-state index is -0.150. The largest absolute Gasteiger partial charge is 0.353 e. The molecule has 0 atom stereocenters. The number of carbonyl (C=O) groups excluding carboxylic acids is 2. The molecule has 0 spiro atoms. The second-order valence-electron chi connectivity index (χ2n) is 7.43. The molecule has 30 heavy (non-hydrogen) atoms. The van der Waals surface area contributed by atoms with Crippen LogP contribution < -0.4 is 16.0 Å². The summed E-state index contributed by atoms with van der Waals surface area (Å²) in [6.07, 6.45) is 0. The number of hydrogen-bond donors (Lipinski definition) is 2. The number of hydrogen-bond acceptors (Lipinski definition) is 5. The zero-order valence-electron chi connectivity index (χ0n) is 17.4. The van der Waals surface area contributed by atoms with Crippen LogP contribution in [0, 0.1) is 10.5 Å². The average molecular weight is 521 g/mol. The third-order valence-electron chi connectivity index (χ3n) is 5.25. The first-order chi connectivity index (χ1) is 14.4. The summed E-state index contributed by atoms with van der Waals surface area (Å²) >= 11 is 2.24. The summed E-state index contributed by atoms with van der Waals surface area (Å²) in [7, 11) is 1.79. The molecule has 0 radical (unpaired) electrons. The number of nitrogens with zero attached hydrogens (tertiary/aromatic N) is 3. The molecular formula is C22H28IN5O2. The van der Waals surface area contributed by atoms with Gasteiger partial charge in [0.1, 0.15) is 0 Å². The second kappa shape index (κ2) is 10.2. The Morgan fingerprint density at radius 2 is 1.80 bits per heavy atom. The van der Waals surface area contributed by atoms with E-state index in [9.17, 15) is 9.59 Å². The van der Waals surface area contributed by atoms with Gasteiger partial charge in [0, 0.05) is 42.5 Å². The predicted molar refractivity (Wildman–Crippen MR) is 127 cm³/mol. The molecule has 0 aliphatic carbocycles. The van der Waals surface area contributed by atoms with Crippen LogP contribution in [0.15, 0.2) is 42.5 Å². The van der Waals surface area contributed by atoms with E-state index in [1.165, 1.54) is 11.1 Å². The number of benzene rings is 2. The number of anilines is 1. The van der Waals surface area contributed by atoms with Crippen molar-refractivity contribution in [3.8, 4) is 0 Å². The van der Waals surface area contributed by atoms with Crippen LogP contribution in [-0.2, 0) is 22.7 Å². The number of amides is 2. The van der Waals surface area contributed by atoms with Gasteiger partial charge < -0.3 is 16.0 Å². The fraction of sp³-hybridized carbons (Fsp3) is 0.364. The maximum atomic E-state index is 13.1. The molecule has 0 aromatic heterocycles. The van der Waals surface area contributed by atoms with E-state index in [1.807, 2.05) is 47.2 Å². The third-order valence-corrected chi connectivity index (χ3v) is 5.92. The molecule has 3 rings (SSSR count). The van der Waals surface area contributed by atoms with Crippen LogP contribution >= 0.6 is 22.6 Å². The smallest absolute Gasteiger partial charge is 0.256 e. The molecule has 2 amide bonds. The van der Waals surface area contributed by atoms with Gasteiger partial charge in [0.25, 0.3) is 5.91 Å². The number of rotatable bonds is 8. The lowest BCUT2D eigenvalue weighted by molar-refractivity contribution is -0.145. The summed E-state index contributed by atoms with van der Waals surface area (Å²) in [5, 5.41) is 6.50. The van der Waals surface area contributed by atoms with E-state index in [2.05, 4.69) is 40.0 Å². The van der Waals surface area contributed by atoms with Crippen molar-refractivity contribution in [2.75, 3.05) is 38.1 Å².